The summed E-state index contributed by atoms with van der Waals surface area (Å²) >= 11 is 0. The Morgan fingerprint density at radius 3 is 1.71 bits per heavy atom. The van der Waals surface area contributed by atoms with Crippen molar-refractivity contribution in [2.24, 2.45) is 0 Å². The number of halogens is 1. The molecule has 4 heterocycles. The van der Waals surface area contributed by atoms with Crippen molar-refractivity contribution >= 4 is 0 Å². The highest BCUT2D eigenvalue weighted by molar-refractivity contribution is 5.36. The maximum absolute atomic E-state index is 2.59. The zero-order chi connectivity index (χ0) is 13.9. The van der Waals surface area contributed by atoms with Gasteiger partial charge in [0, 0.05) is 5.56 Å². The predicted octanol–water partition coefficient (Wildman–Crippen LogP) is -1.38. The second-order valence-electron chi connectivity index (χ2n) is 7.24. The van der Waals surface area contributed by atoms with Crippen molar-refractivity contribution in [3.8, 4) is 0 Å². The summed E-state index contributed by atoms with van der Waals surface area (Å²) in [7, 11) is 0. The number of quaternary nitrogens is 1. The summed E-state index contributed by atoms with van der Waals surface area (Å²) < 4.78 is 1.20. The number of aryl methyl sites for hydroxylation is 3. The van der Waals surface area contributed by atoms with Crippen molar-refractivity contribution in [2.45, 2.75) is 27.3 Å². The minimum atomic E-state index is 0. The van der Waals surface area contributed by atoms with E-state index in [1.165, 1.54) is 67.7 Å². The van der Waals surface area contributed by atoms with E-state index in [0.29, 0.717) is 0 Å². The van der Waals surface area contributed by atoms with Gasteiger partial charge in [-0.2, -0.15) is 0 Å². The molecule has 4 saturated heterocycles. The van der Waals surface area contributed by atoms with Gasteiger partial charge in [-0.15, -0.1) is 0 Å². The van der Waals surface area contributed by atoms with Crippen molar-refractivity contribution in [3.05, 3.63) is 34.4 Å². The Hall–Kier alpha value is -0.650. The van der Waals surface area contributed by atoms with E-state index in [9.17, 15) is 0 Å². The van der Waals surface area contributed by atoms with E-state index in [4.69, 9.17) is 0 Å². The van der Waals surface area contributed by atoms with E-state index in [0.717, 1.165) is 0 Å². The number of hydrogen-bond donors (Lipinski definition) is 0. The molecule has 4 nitrogen and oxygen atoms in total. The molecule has 4 bridgehead atoms. The summed E-state index contributed by atoms with van der Waals surface area (Å²) in [6, 6.07) is 4.68. The van der Waals surface area contributed by atoms with Crippen molar-refractivity contribution < 1.29 is 16.9 Å². The highest BCUT2D eigenvalue weighted by Crippen LogP contribution is 2.32. The minimum absolute atomic E-state index is 0. The Morgan fingerprint density at radius 1 is 0.857 bits per heavy atom. The van der Waals surface area contributed by atoms with Crippen LogP contribution in [0.4, 0.5) is 0 Å². The van der Waals surface area contributed by atoms with Crippen LogP contribution in [0.25, 0.3) is 0 Å². The topological polar surface area (TPSA) is 9.72 Å². The molecule has 116 valence electrons. The molecule has 4 fully saturated rings. The first-order chi connectivity index (χ1) is 9.53. The van der Waals surface area contributed by atoms with Crippen LogP contribution in [0, 0.1) is 20.8 Å². The summed E-state index contributed by atoms with van der Waals surface area (Å²) in [5.41, 5.74) is 5.90. The highest BCUT2D eigenvalue weighted by Gasteiger charge is 2.48. The largest absolute Gasteiger partial charge is 1.00 e. The lowest BCUT2D eigenvalue weighted by molar-refractivity contribution is -0.991. The SMILES string of the molecule is Cc1cc(C)c(C[N+]23CN4CN(CN(C4)C2)C3)c(C)c1.[Cl-]. The van der Waals surface area contributed by atoms with E-state index in [2.05, 4.69) is 47.6 Å². The summed E-state index contributed by atoms with van der Waals surface area (Å²) in [6.07, 6.45) is 0. The molecule has 0 aliphatic carbocycles. The maximum Gasteiger partial charge on any atom is 0.139 e. The zero-order valence-electron chi connectivity index (χ0n) is 13.3. The molecular weight excluding hydrogens is 284 g/mol. The molecular formula is C16H25ClN4. The molecule has 0 unspecified atom stereocenters. The van der Waals surface area contributed by atoms with Crippen LogP contribution in [0.3, 0.4) is 0 Å². The quantitative estimate of drug-likeness (QED) is 0.624. The van der Waals surface area contributed by atoms with Crippen LogP contribution in [0.2, 0.25) is 0 Å². The lowest BCUT2D eigenvalue weighted by atomic mass is 9.98. The van der Waals surface area contributed by atoms with Gasteiger partial charge in [-0.25, -0.2) is 14.7 Å². The third-order valence-corrected chi connectivity index (χ3v) is 5.03. The lowest BCUT2D eigenvalue weighted by Crippen LogP contribution is -3.00. The highest BCUT2D eigenvalue weighted by atomic mass is 35.5. The Kier molecular flexibility index (Phi) is 3.79. The van der Waals surface area contributed by atoms with Crippen LogP contribution in [0.1, 0.15) is 22.3 Å². The Morgan fingerprint density at radius 2 is 1.29 bits per heavy atom. The van der Waals surface area contributed by atoms with Gasteiger partial charge in [-0.05, 0) is 31.9 Å². The van der Waals surface area contributed by atoms with E-state index in [1.54, 1.807) is 5.56 Å². The zero-order valence-corrected chi connectivity index (χ0v) is 14.0. The third-order valence-electron chi connectivity index (χ3n) is 5.03. The fourth-order valence-corrected chi connectivity index (χ4v) is 4.60. The second kappa shape index (κ2) is 5.21. The molecule has 5 heteroatoms. The Labute approximate surface area is 133 Å². The Balaban J connectivity index is 0.00000132. The molecule has 0 radical (unpaired) electrons. The monoisotopic (exact) mass is 308 g/mol. The average molecular weight is 309 g/mol. The molecule has 5 rings (SSSR count). The summed E-state index contributed by atoms with van der Waals surface area (Å²) in [5, 5.41) is 0. The van der Waals surface area contributed by atoms with E-state index < -0.39 is 0 Å². The molecule has 4 aliphatic rings. The van der Waals surface area contributed by atoms with Crippen LogP contribution >= 0.6 is 0 Å². The van der Waals surface area contributed by atoms with E-state index >= 15 is 0 Å². The van der Waals surface area contributed by atoms with Crippen molar-refractivity contribution in [1.29, 1.82) is 0 Å². The Bertz CT molecular complexity index is 499. The number of hydrogen-bond acceptors (Lipinski definition) is 3. The van der Waals surface area contributed by atoms with Crippen LogP contribution in [0.5, 0.6) is 0 Å². The van der Waals surface area contributed by atoms with Gasteiger partial charge < -0.3 is 12.4 Å². The second-order valence-corrected chi connectivity index (χ2v) is 7.24. The normalized spacial score (nSPS) is 36.6. The summed E-state index contributed by atoms with van der Waals surface area (Å²) in [4.78, 5) is 7.78. The maximum atomic E-state index is 2.59. The standard InChI is InChI=1S/C16H25N4.ClH/c1-13-4-14(2)16(15(3)5-13)6-20-10-17-7-18(11-20)9-19(8-17)12-20;/h4-5H,6-12H2,1-3H3;1H/q+1;/p-1. The molecule has 0 aromatic heterocycles. The van der Waals surface area contributed by atoms with E-state index in [1.807, 2.05) is 0 Å². The molecule has 0 N–H and O–H groups in total. The number of nitrogens with zero attached hydrogens (tertiary/aromatic N) is 4. The van der Waals surface area contributed by atoms with Gasteiger partial charge in [0.15, 0.2) is 0 Å². The van der Waals surface area contributed by atoms with Gasteiger partial charge in [0.1, 0.15) is 26.6 Å². The van der Waals surface area contributed by atoms with Gasteiger partial charge >= 0.3 is 0 Å². The van der Waals surface area contributed by atoms with Crippen LogP contribution < -0.4 is 12.4 Å². The molecule has 0 saturated carbocycles. The molecule has 0 atom stereocenters. The van der Waals surface area contributed by atoms with Gasteiger partial charge in [-0.1, -0.05) is 17.7 Å². The average Bonchev–Trinajstić information content (AvgIpc) is 2.32. The fourth-order valence-electron chi connectivity index (χ4n) is 4.60. The molecule has 4 aliphatic heterocycles. The van der Waals surface area contributed by atoms with Gasteiger partial charge in [0.2, 0.25) is 0 Å². The summed E-state index contributed by atoms with van der Waals surface area (Å²) in [6.45, 7) is 15.1. The molecule has 0 spiro atoms. The first kappa shape index (κ1) is 15.3. The number of benzene rings is 1. The predicted molar refractivity (Wildman–Crippen MR) is 79.3 cm³/mol. The van der Waals surface area contributed by atoms with Gasteiger partial charge in [0.05, 0.1) is 20.0 Å². The molecule has 0 amide bonds. The van der Waals surface area contributed by atoms with Gasteiger partial charge in [-0.3, -0.25) is 4.48 Å². The van der Waals surface area contributed by atoms with Crippen molar-refractivity contribution in [1.82, 2.24) is 14.7 Å². The van der Waals surface area contributed by atoms with Crippen LogP contribution in [0.15, 0.2) is 12.1 Å². The molecule has 21 heavy (non-hydrogen) atoms. The van der Waals surface area contributed by atoms with Crippen molar-refractivity contribution in [3.63, 3.8) is 0 Å². The first-order valence-electron chi connectivity index (χ1n) is 7.62. The number of rotatable bonds is 2. The van der Waals surface area contributed by atoms with Crippen LogP contribution in [-0.2, 0) is 6.54 Å². The van der Waals surface area contributed by atoms with Crippen LogP contribution in [-0.4, -0.2) is 59.2 Å². The fraction of sp³-hybridized carbons (Fsp3) is 0.625. The van der Waals surface area contributed by atoms with Crippen molar-refractivity contribution in [2.75, 3.05) is 40.0 Å². The third kappa shape index (κ3) is 2.60. The van der Waals surface area contributed by atoms with E-state index in [-0.39, 0.29) is 12.4 Å². The molecule has 1 aromatic rings. The lowest BCUT2D eigenvalue weighted by Gasteiger charge is -2.60. The summed E-state index contributed by atoms with van der Waals surface area (Å²) in [5.74, 6) is 0. The smallest absolute Gasteiger partial charge is 0.139 e. The molecule has 1 aromatic carbocycles. The first-order valence-corrected chi connectivity index (χ1v) is 7.62. The minimum Gasteiger partial charge on any atom is -1.00 e. The van der Waals surface area contributed by atoms with Gasteiger partial charge in [0.25, 0.3) is 0 Å².